The van der Waals surface area contributed by atoms with Gasteiger partial charge in [0.05, 0.1) is 12.6 Å². The summed E-state index contributed by atoms with van der Waals surface area (Å²) < 4.78 is 0. The minimum Gasteiger partial charge on any atom is -0.480 e. The summed E-state index contributed by atoms with van der Waals surface area (Å²) in [5.74, 6) is -2.89. The molecule has 3 amide bonds. The van der Waals surface area contributed by atoms with E-state index in [0.717, 1.165) is 16.5 Å². The highest BCUT2D eigenvalue weighted by Crippen LogP contribution is 2.18. The van der Waals surface area contributed by atoms with Gasteiger partial charge < -0.3 is 37.5 Å². The molecule has 11 heteroatoms. The number of hydrogen-bond donors (Lipinski definition) is 7. The molecule has 2 atom stereocenters. The maximum Gasteiger partial charge on any atom is 0.322 e. The molecule has 2 aromatic rings. The highest BCUT2D eigenvalue weighted by Gasteiger charge is 2.22. The van der Waals surface area contributed by atoms with Crippen molar-refractivity contribution in [2.24, 2.45) is 11.5 Å². The molecule has 32 heavy (non-hydrogen) atoms. The summed E-state index contributed by atoms with van der Waals surface area (Å²) in [6.07, 6.45) is 3.60. The minimum absolute atomic E-state index is 0.288. The van der Waals surface area contributed by atoms with Gasteiger partial charge in [0.25, 0.3) is 0 Å². The lowest BCUT2D eigenvalue weighted by Crippen LogP contribution is -2.51. The second-order valence-corrected chi connectivity index (χ2v) is 7.40. The van der Waals surface area contributed by atoms with Crippen LogP contribution >= 0.6 is 0 Å². The van der Waals surface area contributed by atoms with Crippen LogP contribution in [-0.2, 0) is 25.6 Å². The van der Waals surface area contributed by atoms with Crippen molar-refractivity contribution in [2.45, 2.75) is 37.8 Å². The lowest BCUT2D eigenvalue weighted by Gasteiger charge is -2.18. The van der Waals surface area contributed by atoms with Crippen molar-refractivity contribution in [3.63, 3.8) is 0 Å². The Morgan fingerprint density at radius 3 is 2.47 bits per heavy atom. The molecule has 174 valence electrons. The normalized spacial score (nSPS) is 12.7. The Hall–Kier alpha value is -3.44. The molecule has 1 aromatic carbocycles. The molecule has 0 spiro atoms. The third-order valence-electron chi connectivity index (χ3n) is 4.89. The van der Waals surface area contributed by atoms with E-state index in [4.69, 9.17) is 16.6 Å². The minimum atomic E-state index is -1.19. The average Bonchev–Trinajstić information content (AvgIpc) is 3.18. The Morgan fingerprint density at radius 2 is 1.75 bits per heavy atom. The number of aliphatic carboxylic acids is 1. The molecular weight excluding hydrogens is 416 g/mol. The number of hydrogen-bond acceptors (Lipinski definition) is 6. The van der Waals surface area contributed by atoms with E-state index in [1.807, 2.05) is 24.3 Å². The van der Waals surface area contributed by atoms with Gasteiger partial charge in [0, 0.05) is 17.1 Å². The van der Waals surface area contributed by atoms with Gasteiger partial charge in [0.1, 0.15) is 12.6 Å². The number of benzene rings is 1. The number of fused-ring (bicyclic) bond motifs is 1. The van der Waals surface area contributed by atoms with E-state index in [1.54, 1.807) is 6.20 Å². The number of carbonyl (C=O) groups is 4. The highest BCUT2D eigenvalue weighted by atomic mass is 16.4. The first-order valence-electron chi connectivity index (χ1n) is 10.4. The van der Waals surface area contributed by atoms with Crippen LogP contribution in [0.1, 0.15) is 24.8 Å². The van der Waals surface area contributed by atoms with Crippen LogP contribution in [0.3, 0.4) is 0 Å². The van der Waals surface area contributed by atoms with Gasteiger partial charge in [-0.15, -0.1) is 0 Å². The summed E-state index contributed by atoms with van der Waals surface area (Å²) in [5, 5.41) is 16.9. The zero-order chi connectivity index (χ0) is 23.5. The monoisotopic (exact) mass is 446 g/mol. The number of nitrogens with two attached hydrogens (primary N) is 2. The van der Waals surface area contributed by atoms with Crippen LogP contribution < -0.4 is 27.4 Å². The largest absolute Gasteiger partial charge is 0.480 e. The van der Waals surface area contributed by atoms with Gasteiger partial charge in [-0.1, -0.05) is 18.2 Å². The smallest absolute Gasteiger partial charge is 0.322 e. The van der Waals surface area contributed by atoms with Gasteiger partial charge in [-0.3, -0.25) is 19.2 Å². The van der Waals surface area contributed by atoms with Gasteiger partial charge in [0.15, 0.2) is 0 Å². The zero-order valence-corrected chi connectivity index (χ0v) is 17.7. The number of carboxylic acid groups (broad SMARTS) is 1. The van der Waals surface area contributed by atoms with E-state index < -0.39 is 42.3 Å². The lowest BCUT2D eigenvalue weighted by atomic mass is 10.1. The summed E-state index contributed by atoms with van der Waals surface area (Å²) in [6.45, 7) is -0.483. The molecule has 0 fully saturated rings. The molecule has 9 N–H and O–H groups in total. The van der Waals surface area contributed by atoms with Crippen molar-refractivity contribution in [1.29, 1.82) is 0 Å². The first kappa shape index (κ1) is 24.8. The molecule has 0 saturated heterocycles. The van der Waals surface area contributed by atoms with E-state index in [-0.39, 0.29) is 13.0 Å². The van der Waals surface area contributed by atoms with E-state index in [0.29, 0.717) is 25.8 Å². The fourth-order valence-corrected chi connectivity index (χ4v) is 3.22. The van der Waals surface area contributed by atoms with E-state index in [1.165, 1.54) is 0 Å². The number of H-pyrrole nitrogens is 1. The maximum atomic E-state index is 12.3. The lowest BCUT2D eigenvalue weighted by molar-refractivity contribution is -0.138. The summed E-state index contributed by atoms with van der Waals surface area (Å²) in [6, 6.07) is 5.86. The number of rotatable bonds is 13. The molecule has 0 bridgehead atoms. The summed E-state index contributed by atoms with van der Waals surface area (Å²) in [5.41, 5.74) is 13.3. The van der Waals surface area contributed by atoms with Crippen LogP contribution in [0.25, 0.3) is 10.9 Å². The molecular formula is C21H30N6O5. The number of nitrogens with one attached hydrogen (secondary N) is 4. The SMILES string of the molecule is NCCCCC(NC(=O)CNC(=O)C(N)Cc1c[nH]c2ccccc12)C(=O)NCC(=O)O. The molecule has 0 aliphatic carbocycles. The summed E-state index contributed by atoms with van der Waals surface area (Å²) >= 11 is 0. The number of aromatic nitrogens is 1. The highest BCUT2D eigenvalue weighted by molar-refractivity contribution is 5.92. The molecule has 11 nitrogen and oxygen atoms in total. The summed E-state index contributed by atoms with van der Waals surface area (Å²) in [7, 11) is 0. The fourth-order valence-electron chi connectivity index (χ4n) is 3.22. The second-order valence-electron chi connectivity index (χ2n) is 7.40. The number of amides is 3. The Labute approximate surface area is 185 Å². The molecule has 0 aliphatic rings. The van der Waals surface area contributed by atoms with Crippen LogP contribution in [0.2, 0.25) is 0 Å². The van der Waals surface area contributed by atoms with Crippen LogP contribution in [0.5, 0.6) is 0 Å². The predicted molar refractivity (Wildman–Crippen MR) is 118 cm³/mol. The van der Waals surface area contributed by atoms with Gasteiger partial charge in [-0.05, 0) is 43.9 Å². The van der Waals surface area contributed by atoms with Crippen LogP contribution in [-0.4, -0.2) is 65.5 Å². The first-order chi connectivity index (χ1) is 15.3. The van der Waals surface area contributed by atoms with E-state index in [2.05, 4.69) is 20.9 Å². The van der Waals surface area contributed by atoms with Crippen molar-refractivity contribution in [3.05, 3.63) is 36.0 Å². The van der Waals surface area contributed by atoms with Crippen molar-refractivity contribution < 1.29 is 24.3 Å². The first-order valence-corrected chi connectivity index (χ1v) is 10.4. The van der Waals surface area contributed by atoms with Crippen LogP contribution in [0.15, 0.2) is 30.5 Å². The topological polar surface area (TPSA) is 192 Å². The molecule has 0 saturated carbocycles. The van der Waals surface area contributed by atoms with Crippen molar-refractivity contribution in [1.82, 2.24) is 20.9 Å². The summed E-state index contributed by atoms with van der Waals surface area (Å²) in [4.78, 5) is 50.5. The second kappa shape index (κ2) is 12.4. The van der Waals surface area contributed by atoms with Gasteiger partial charge in [0.2, 0.25) is 17.7 Å². The third kappa shape index (κ3) is 7.67. The van der Waals surface area contributed by atoms with Gasteiger partial charge in [-0.2, -0.15) is 0 Å². The molecule has 2 unspecified atom stereocenters. The standard InChI is InChI=1S/C21H30N6O5/c22-8-4-3-7-17(21(32)26-12-19(29)30)27-18(28)11-25-20(31)15(23)9-13-10-24-16-6-2-1-5-14(13)16/h1-2,5-6,10,15,17,24H,3-4,7-9,11-12,22-23H2,(H,25,31)(H,26,32)(H,27,28)(H,29,30). The maximum absolute atomic E-state index is 12.3. The Kier molecular flexibility index (Phi) is 9.64. The third-order valence-corrected chi connectivity index (χ3v) is 4.89. The van der Waals surface area contributed by atoms with E-state index in [9.17, 15) is 19.2 Å². The van der Waals surface area contributed by atoms with E-state index >= 15 is 0 Å². The van der Waals surface area contributed by atoms with Crippen molar-refractivity contribution in [3.8, 4) is 0 Å². The molecule has 0 aliphatic heterocycles. The molecule has 2 rings (SSSR count). The Bertz CT molecular complexity index is 944. The van der Waals surface area contributed by atoms with Crippen molar-refractivity contribution in [2.75, 3.05) is 19.6 Å². The quantitative estimate of drug-likeness (QED) is 0.191. The number of aromatic amines is 1. The van der Waals surface area contributed by atoms with Crippen molar-refractivity contribution >= 4 is 34.6 Å². The average molecular weight is 447 g/mol. The molecule has 0 radical (unpaired) electrons. The molecule has 1 heterocycles. The number of unbranched alkanes of at least 4 members (excludes halogenated alkanes) is 1. The van der Waals surface area contributed by atoms with Gasteiger partial charge >= 0.3 is 5.97 Å². The van der Waals surface area contributed by atoms with Crippen LogP contribution in [0, 0.1) is 0 Å². The Morgan fingerprint density at radius 1 is 1.03 bits per heavy atom. The molecule has 1 aromatic heterocycles. The number of carbonyl (C=O) groups excluding carboxylic acids is 3. The number of para-hydroxylation sites is 1. The predicted octanol–water partition coefficient (Wildman–Crippen LogP) is -1.03. The Balaban J connectivity index is 1.85. The van der Waals surface area contributed by atoms with Gasteiger partial charge in [-0.25, -0.2) is 0 Å². The van der Waals surface area contributed by atoms with Crippen LogP contribution in [0.4, 0.5) is 0 Å². The zero-order valence-electron chi connectivity index (χ0n) is 17.7. The fraction of sp³-hybridized carbons (Fsp3) is 0.429. The number of carboxylic acids is 1.